The van der Waals surface area contributed by atoms with Gasteiger partial charge in [0.1, 0.15) is 17.1 Å². The molecule has 0 aliphatic carbocycles. The highest BCUT2D eigenvalue weighted by molar-refractivity contribution is 5.94. The van der Waals surface area contributed by atoms with Gasteiger partial charge in [-0.1, -0.05) is 36.4 Å². The van der Waals surface area contributed by atoms with Gasteiger partial charge in [0.05, 0.1) is 0 Å². The van der Waals surface area contributed by atoms with Gasteiger partial charge in [0.15, 0.2) is 6.61 Å². The van der Waals surface area contributed by atoms with E-state index in [1.165, 1.54) is 12.1 Å². The highest BCUT2D eigenvalue weighted by Gasteiger charge is 2.10. The van der Waals surface area contributed by atoms with Crippen LogP contribution in [0.15, 0.2) is 82.0 Å². The van der Waals surface area contributed by atoms with Crippen LogP contribution in [-0.2, 0) is 4.79 Å². The normalized spacial score (nSPS) is 10.7. The Hall–Kier alpha value is -3.93. The van der Waals surface area contributed by atoms with Crippen molar-refractivity contribution in [3.05, 3.63) is 94.6 Å². The van der Waals surface area contributed by atoms with E-state index in [1.807, 2.05) is 30.3 Å². The number of halogens is 1. The summed E-state index contributed by atoms with van der Waals surface area (Å²) in [5.74, 6) is -0.452. The van der Waals surface area contributed by atoms with Gasteiger partial charge >= 0.3 is 5.63 Å². The molecular weight excluding hydrogens is 385 g/mol. The Kier molecular flexibility index (Phi) is 5.30. The molecule has 0 saturated carbocycles. The Balaban J connectivity index is 1.52. The molecule has 5 nitrogen and oxygen atoms in total. The number of fused-ring (bicyclic) bond motifs is 1. The van der Waals surface area contributed by atoms with Crippen LogP contribution in [-0.4, -0.2) is 12.5 Å². The molecular formula is C24H18FNO4. The maximum absolute atomic E-state index is 13.6. The lowest BCUT2D eigenvalue weighted by molar-refractivity contribution is -0.118. The Morgan fingerprint density at radius 3 is 2.60 bits per heavy atom. The number of rotatable bonds is 5. The van der Waals surface area contributed by atoms with E-state index in [0.29, 0.717) is 22.6 Å². The molecule has 30 heavy (non-hydrogen) atoms. The molecule has 1 aromatic heterocycles. The summed E-state index contributed by atoms with van der Waals surface area (Å²) in [7, 11) is 0. The number of nitrogens with one attached hydrogen (secondary N) is 1. The molecule has 4 rings (SSSR count). The average molecular weight is 403 g/mol. The van der Waals surface area contributed by atoms with Crippen LogP contribution in [0.25, 0.3) is 22.1 Å². The monoisotopic (exact) mass is 403 g/mol. The Labute approximate surface area is 171 Å². The summed E-state index contributed by atoms with van der Waals surface area (Å²) >= 11 is 0. The zero-order valence-corrected chi connectivity index (χ0v) is 16.1. The molecule has 0 saturated heterocycles. The van der Waals surface area contributed by atoms with Gasteiger partial charge in [-0.15, -0.1) is 0 Å². The fourth-order valence-electron chi connectivity index (χ4n) is 3.11. The van der Waals surface area contributed by atoms with Crippen molar-refractivity contribution in [1.82, 2.24) is 0 Å². The summed E-state index contributed by atoms with van der Waals surface area (Å²) in [6.45, 7) is 1.37. The van der Waals surface area contributed by atoms with E-state index >= 15 is 0 Å². The Morgan fingerprint density at radius 2 is 1.83 bits per heavy atom. The summed E-state index contributed by atoms with van der Waals surface area (Å²) in [6.07, 6.45) is 0. The number of amides is 1. The molecule has 1 heterocycles. The standard InChI is InChI=1S/C24H18FNO4/c1-15-7-8-17(11-21(15)25)26-23(27)14-29-18-9-10-19-20(16-5-3-2-4-6-16)13-24(28)30-22(19)12-18/h2-13H,14H2,1H3,(H,26,27). The van der Waals surface area contributed by atoms with Gasteiger partial charge in [-0.3, -0.25) is 4.79 Å². The van der Waals surface area contributed by atoms with Crippen LogP contribution in [0.3, 0.4) is 0 Å². The van der Waals surface area contributed by atoms with Gasteiger partial charge in [0, 0.05) is 23.2 Å². The largest absolute Gasteiger partial charge is 0.484 e. The third kappa shape index (κ3) is 4.22. The van der Waals surface area contributed by atoms with Crippen molar-refractivity contribution in [1.29, 1.82) is 0 Å². The number of hydrogen-bond donors (Lipinski definition) is 1. The molecule has 0 radical (unpaired) electrons. The van der Waals surface area contributed by atoms with Gasteiger partial charge in [-0.25, -0.2) is 9.18 Å². The van der Waals surface area contributed by atoms with Gasteiger partial charge in [0.25, 0.3) is 5.91 Å². The molecule has 6 heteroatoms. The molecule has 0 aliphatic heterocycles. The van der Waals surface area contributed by atoms with Gasteiger partial charge in [-0.05, 0) is 47.9 Å². The van der Waals surface area contributed by atoms with E-state index in [0.717, 1.165) is 16.5 Å². The topological polar surface area (TPSA) is 68.5 Å². The van der Waals surface area contributed by atoms with Crippen molar-refractivity contribution < 1.29 is 18.3 Å². The van der Waals surface area contributed by atoms with Crippen molar-refractivity contribution in [2.45, 2.75) is 6.92 Å². The first-order valence-corrected chi connectivity index (χ1v) is 9.32. The van der Waals surface area contributed by atoms with E-state index in [1.54, 1.807) is 37.3 Å². The maximum Gasteiger partial charge on any atom is 0.336 e. The lowest BCUT2D eigenvalue weighted by Crippen LogP contribution is -2.20. The van der Waals surface area contributed by atoms with Crippen LogP contribution in [0, 0.1) is 12.7 Å². The van der Waals surface area contributed by atoms with Crippen molar-refractivity contribution in [3.8, 4) is 16.9 Å². The molecule has 4 aromatic rings. The van der Waals surface area contributed by atoms with Crippen LogP contribution in [0.1, 0.15) is 5.56 Å². The van der Waals surface area contributed by atoms with Crippen LogP contribution in [0.2, 0.25) is 0 Å². The zero-order chi connectivity index (χ0) is 21.1. The minimum Gasteiger partial charge on any atom is -0.484 e. The van der Waals surface area contributed by atoms with Gasteiger partial charge < -0.3 is 14.5 Å². The number of carbonyl (C=O) groups is 1. The third-order valence-electron chi connectivity index (χ3n) is 4.63. The lowest BCUT2D eigenvalue weighted by Gasteiger charge is -2.10. The number of anilines is 1. The van der Waals surface area contributed by atoms with Crippen molar-refractivity contribution in [2.24, 2.45) is 0 Å². The lowest BCUT2D eigenvalue weighted by atomic mass is 10.0. The first-order chi connectivity index (χ1) is 14.5. The van der Waals surface area contributed by atoms with E-state index in [2.05, 4.69) is 5.32 Å². The first kappa shape index (κ1) is 19.4. The molecule has 0 fully saturated rings. The maximum atomic E-state index is 13.6. The van der Waals surface area contributed by atoms with Gasteiger partial charge in [-0.2, -0.15) is 0 Å². The van der Waals surface area contributed by atoms with Gasteiger partial charge in [0.2, 0.25) is 0 Å². The van der Waals surface area contributed by atoms with E-state index in [4.69, 9.17) is 9.15 Å². The van der Waals surface area contributed by atoms with E-state index in [9.17, 15) is 14.0 Å². The third-order valence-corrected chi connectivity index (χ3v) is 4.63. The molecule has 150 valence electrons. The minimum absolute atomic E-state index is 0.274. The second-order valence-corrected chi connectivity index (χ2v) is 6.80. The molecule has 0 bridgehead atoms. The van der Waals surface area contributed by atoms with E-state index in [-0.39, 0.29) is 6.61 Å². The van der Waals surface area contributed by atoms with Crippen molar-refractivity contribution in [2.75, 3.05) is 11.9 Å². The van der Waals surface area contributed by atoms with Crippen LogP contribution < -0.4 is 15.7 Å². The average Bonchev–Trinajstić information content (AvgIpc) is 2.74. The zero-order valence-electron chi connectivity index (χ0n) is 16.1. The van der Waals surface area contributed by atoms with Crippen molar-refractivity contribution >= 4 is 22.6 Å². The highest BCUT2D eigenvalue weighted by Crippen LogP contribution is 2.29. The molecule has 0 aliphatic rings. The van der Waals surface area contributed by atoms with Crippen LogP contribution >= 0.6 is 0 Å². The number of hydrogen-bond acceptors (Lipinski definition) is 4. The smallest absolute Gasteiger partial charge is 0.336 e. The summed E-state index contributed by atoms with van der Waals surface area (Å²) in [4.78, 5) is 24.1. The summed E-state index contributed by atoms with van der Waals surface area (Å²) < 4.78 is 24.4. The fourth-order valence-corrected chi connectivity index (χ4v) is 3.11. The summed E-state index contributed by atoms with van der Waals surface area (Å²) in [5, 5.41) is 3.34. The summed E-state index contributed by atoms with van der Waals surface area (Å²) in [6, 6.07) is 20.5. The molecule has 0 unspecified atom stereocenters. The molecule has 1 amide bonds. The Bertz CT molecular complexity index is 1280. The first-order valence-electron chi connectivity index (χ1n) is 9.32. The predicted octanol–water partition coefficient (Wildman–Crippen LogP) is 4.93. The van der Waals surface area contributed by atoms with Crippen LogP contribution in [0.5, 0.6) is 5.75 Å². The summed E-state index contributed by atoms with van der Waals surface area (Å²) in [5.41, 5.74) is 2.39. The molecule has 0 spiro atoms. The Morgan fingerprint density at radius 1 is 1.03 bits per heavy atom. The van der Waals surface area contributed by atoms with Crippen LogP contribution in [0.4, 0.5) is 10.1 Å². The number of aryl methyl sites for hydroxylation is 1. The number of carbonyl (C=O) groups excluding carboxylic acids is 1. The number of ether oxygens (including phenoxy) is 1. The SMILES string of the molecule is Cc1ccc(NC(=O)COc2ccc3c(-c4ccccc4)cc(=O)oc3c2)cc1F. The highest BCUT2D eigenvalue weighted by atomic mass is 19.1. The number of benzene rings is 3. The van der Waals surface area contributed by atoms with E-state index < -0.39 is 17.3 Å². The second-order valence-electron chi connectivity index (χ2n) is 6.80. The van der Waals surface area contributed by atoms with Crippen molar-refractivity contribution in [3.63, 3.8) is 0 Å². The molecule has 3 aromatic carbocycles. The minimum atomic E-state index is -0.474. The predicted molar refractivity (Wildman–Crippen MR) is 113 cm³/mol. The molecule has 0 atom stereocenters. The quantitative estimate of drug-likeness (QED) is 0.480. The second kappa shape index (κ2) is 8.21. The molecule has 1 N–H and O–H groups in total. The fraction of sp³-hybridized carbons (Fsp3) is 0.0833.